The highest BCUT2D eigenvalue weighted by molar-refractivity contribution is 5.72. The maximum Gasteiger partial charge on any atom is 0.0378 e. The van der Waals surface area contributed by atoms with Crippen LogP contribution < -0.4 is 0 Å². The van der Waals surface area contributed by atoms with Gasteiger partial charge in [-0.15, -0.1) is 0 Å². The minimum Gasteiger partial charge on any atom is -0.262 e. The van der Waals surface area contributed by atoms with Crippen molar-refractivity contribution in [3.63, 3.8) is 0 Å². The lowest BCUT2D eigenvalue weighted by Crippen LogP contribution is -1.86. The molecule has 0 aromatic carbocycles. The number of aromatic nitrogens is 1. The van der Waals surface area contributed by atoms with Gasteiger partial charge >= 0.3 is 0 Å². The van der Waals surface area contributed by atoms with Crippen LogP contribution in [0.2, 0.25) is 0 Å². The number of pyridine rings is 1. The van der Waals surface area contributed by atoms with Crippen molar-refractivity contribution in [3.8, 4) is 0 Å². The Bertz CT molecular complexity index is 386. The molecule has 66 valence electrons. The molecule has 1 aliphatic rings. The van der Waals surface area contributed by atoms with E-state index in [-0.39, 0.29) is 0 Å². The van der Waals surface area contributed by atoms with Gasteiger partial charge < -0.3 is 0 Å². The van der Waals surface area contributed by atoms with Crippen LogP contribution in [-0.2, 0) is 0 Å². The Morgan fingerprint density at radius 2 is 2.08 bits per heavy atom. The van der Waals surface area contributed by atoms with Crippen molar-refractivity contribution in [3.05, 3.63) is 47.3 Å². The summed E-state index contributed by atoms with van der Waals surface area (Å²) < 4.78 is 0. The van der Waals surface area contributed by atoms with Crippen LogP contribution in [-0.4, -0.2) is 4.98 Å². The predicted octanol–water partition coefficient (Wildman–Crippen LogP) is 3.12. The molecule has 0 atom stereocenters. The first-order chi connectivity index (χ1) is 6.25. The van der Waals surface area contributed by atoms with Gasteiger partial charge in [-0.2, -0.15) is 0 Å². The van der Waals surface area contributed by atoms with Gasteiger partial charge in [-0.1, -0.05) is 17.7 Å². The molecule has 0 aliphatic heterocycles. The number of hydrogen-bond donors (Lipinski definition) is 0. The quantitative estimate of drug-likeness (QED) is 0.632. The minimum atomic E-state index is 1.09. The third-order valence-corrected chi connectivity index (χ3v) is 2.31. The van der Waals surface area contributed by atoms with Gasteiger partial charge in [0, 0.05) is 11.9 Å². The summed E-state index contributed by atoms with van der Waals surface area (Å²) in [5.74, 6) is 0. The summed E-state index contributed by atoms with van der Waals surface area (Å²) in [6.07, 6.45) is 7.35. The van der Waals surface area contributed by atoms with Gasteiger partial charge in [-0.3, -0.25) is 4.98 Å². The summed E-state index contributed by atoms with van der Waals surface area (Å²) in [6.45, 7) is 4.19. The smallest absolute Gasteiger partial charge is 0.0378 e. The van der Waals surface area contributed by atoms with Gasteiger partial charge in [-0.05, 0) is 43.5 Å². The second-order valence-corrected chi connectivity index (χ2v) is 3.57. The number of hydrogen-bond acceptors (Lipinski definition) is 1. The molecular weight excluding hydrogens is 158 g/mol. The predicted molar refractivity (Wildman–Crippen MR) is 55.3 cm³/mol. The van der Waals surface area contributed by atoms with Crippen molar-refractivity contribution in [2.45, 2.75) is 20.3 Å². The standard InChI is InChI=1S/C12H13N/c1-9-3-4-11(7-9)12-5-6-13-10(2)8-12/h3-6,8H,7H2,1-2H3. The van der Waals surface area contributed by atoms with Crippen molar-refractivity contribution in [1.82, 2.24) is 4.98 Å². The Balaban J connectivity index is 2.29. The van der Waals surface area contributed by atoms with Crippen molar-refractivity contribution in [2.24, 2.45) is 0 Å². The van der Waals surface area contributed by atoms with Crippen molar-refractivity contribution in [2.75, 3.05) is 0 Å². The number of rotatable bonds is 1. The van der Waals surface area contributed by atoms with Crippen molar-refractivity contribution < 1.29 is 0 Å². The first-order valence-electron chi connectivity index (χ1n) is 4.55. The van der Waals surface area contributed by atoms with E-state index in [1.54, 1.807) is 0 Å². The summed E-state index contributed by atoms with van der Waals surface area (Å²) >= 11 is 0. The third kappa shape index (κ3) is 1.69. The van der Waals surface area contributed by atoms with E-state index in [0.717, 1.165) is 12.1 Å². The van der Waals surface area contributed by atoms with Gasteiger partial charge in [0.25, 0.3) is 0 Å². The van der Waals surface area contributed by atoms with E-state index < -0.39 is 0 Å². The molecule has 0 amide bonds. The highest BCUT2D eigenvalue weighted by Crippen LogP contribution is 2.27. The van der Waals surface area contributed by atoms with Crippen LogP contribution in [0.25, 0.3) is 5.57 Å². The van der Waals surface area contributed by atoms with E-state index in [4.69, 9.17) is 0 Å². The van der Waals surface area contributed by atoms with E-state index in [9.17, 15) is 0 Å². The van der Waals surface area contributed by atoms with E-state index in [1.165, 1.54) is 16.7 Å². The van der Waals surface area contributed by atoms with Crippen LogP contribution in [0, 0.1) is 6.92 Å². The van der Waals surface area contributed by atoms with E-state index in [0.29, 0.717) is 0 Å². The first kappa shape index (κ1) is 8.24. The molecule has 1 aromatic heterocycles. The first-order valence-corrected chi connectivity index (χ1v) is 4.55. The Morgan fingerprint density at radius 1 is 1.23 bits per heavy atom. The molecule has 0 N–H and O–H groups in total. The largest absolute Gasteiger partial charge is 0.262 e. The van der Waals surface area contributed by atoms with Gasteiger partial charge in [0.15, 0.2) is 0 Å². The van der Waals surface area contributed by atoms with E-state index >= 15 is 0 Å². The summed E-state index contributed by atoms with van der Waals surface area (Å²) in [4.78, 5) is 4.19. The molecule has 13 heavy (non-hydrogen) atoms. The van der Waals surface area contributed by atoms with Gasteiger partial charge in [0.1, 0.15) is 0 Å². The van der Waals surface area contributed by atoms with Crippen LogP contribution in [0.5, 0.6) is 0 Å². The van der Waals surface area contributed by atoms with Crippen LogP contribution in [0.3, 0.4) is 0 Å². The molecule has 0 saturated carbocycles. The van der Waals surface area contributed by atoms with Crippen LogP contribution >= 0.6 is 0 Å². The van der Waals surface area contributed by atoms with Crippen LogP contribution in [0.4, 0.5) is 0 Å². The molecule has 1 aromatic rings. The molecular formula is C12H13N. The fourth-order valence-electron chi connectivity index (χ4n) is 1.60. The van der Waals surface area contributed by atoms with Gasteiger partial charge in [0.05, 0.1) is 0 Å². The normalized spacial score (nSPS) is 15.5. The molecule has 0 unspecified atom stereocenters. The average Bonchev–Trinajstić information content (AvgIpc) is 2.52. The summed E-state index contributed by atoms with van der Waals surface area (Å²) in [5.41, 5.74) is 5.23. The summed E-state index contributed by atoms with van der Waals surface area (Å²) in [6, 6.07) is 4.21. The molecule has 1 nitrogen and oxygen atoms in total. The second kappa shape index (κ2) is 3.17. The van der Waals surface area contributed by atoms with E-state index in [1.807, 2.05) is 13.1 Å². The Morgan fingerprint density at radius 3 is 2.69 bits per heavy atom. The molecule has 0 spiro atoms. The molecule has 1 aliphatic carbocycles. The zero-order valence-electron chi connectivity index (χ0n) is 8.04. The maximum atomic E-state index is 4.19. The van der Waals surface area contributed by atoms with Gasteiger partial charge in [-0.25, -0.2) is 0 Å². The zero-order chi connectivity index (χ0) is 9.26. The number of allylic oxidation sites excluding steroid dienone is 4. The number of aryl methyl sites for hydroxylation is 1. The second-order valence-electron chi connectivity index (χ2n) is 3.57. The Labute approximate surface area is 78.8 Å². The lowest BCUT2D eigenvalue weighted by Gasteiger charge is -2.03. The van der Waals surface area contributed by atoms with Gasteiger partial charge in [0.2, 0.25) is 0 Å². The highest BCUT2D eigenvalue weighted by atomic mass is 14.6. The Hall–Kier alpha value is -1.37. The van der Waals surface area contributed by atoms with E-state index in [2.05, 4.69) is 36.2 Å². The van der Waals surface area contributed by atoms with Crippen LogP contribution in [0.1, 0.15) is 24.6 Å². The molecule has 2 rings (SSSR count). The molecule has 0 bridgehead atoms. The summed E-state index contributed by atoms with van der Waals surface area (Å²) in [5, 5.41) is 0. The van der Waals surface area contributed by atoms with Crippen molar-refractivity contribution in [1.29, 1.82) is 0 Å². The lowest BCUT2D eigenvalue weighted by molar-refractivity contribution is 1.18. The average molecular weight is 171 g/mol. The summed E-state index contributed by atoms with van der Waals surface area (Å²) in [7, 11) is 0. The third-order valence-electron chi connectivity index (χ3n) is 2.31. The monoisotopic (exact) mass is 171 g/mol. The fourth-order valence-corrected chi connectivity index (χ4v) is 1.60. The molecule has 0 fully saturated rings. The molecule has 0 radical (unpaired) electrons. The maximum absolute atomic E-state index is 4.19. The van der Waals surface area contributed by atoms with Crippen LogP contribution in [0.15, 0.2) is 36.1 Å². The molecule has 1 heteroatoms. The topological polar surface area (TPSA) is 12.9 Å². The van der Waals surface area contributed by atoms with Crippen molar-refractivity contribution >= 4 is 5.57 Å². The minimum absolute atomic E-state index is 1.09. The molecule has 0 saturated heterocycles. The Kier molecular flexibility index (Phi) is 2.01. The fraction of sp³-hybridized carbons (Fsp3) is 0.250. The number of nitrogens with zero attached hydrogens (tertiary/aromatic N) is 1. The lowest BCUT2D eigenvalue weighted by atomic mass is 10.0. The highest BCUT2D eigenvalue weighted by Gasteiger charge is 2.06. The molecule has 1 heterocycles. The SMILES string of the molecule is CC1=CC=C(c2ccnc(C)c2)C1. The zero-order valence-corrected chi connectivity index (χ0v) is 8.04.